The number of aliphatic hydroxyl groups excluding tert-OH is 3. The van der Waals surface area contributed by atoms with Crippen molar-refractivity contribution in [2.75, 3.05) is 13.2 Å². The van der Waals surface area contributed by atoms with Crippen molar-refractivity contribution >= 4 is 0 Å². The van der Waals surface area contributed by atoms with Crippen molar-refractivity contribution in [3.63, 3.8) is 0 Å². The van der Waals surface area contributed by atoms with Gasteiger partial charge in [0, 0.05) is 0 Å². The van der Waals surface area contributed by atoms with Crippen molar-refractivity contribution in [3.05, 3.63) is 48.6 Å². The summed E-state index contributed by atoms with van der Waals surface area (Å²) in [5, 5.41) is 29.9. The van der Waals surface area contributed by atoms with E-state index in [1.54, 1.807) is 0 Å². The van der Waals surface area contributed by atoms with Crippen LogP contribution in [0.15, 0.2) is 43.0 Å². The van der Waals surface area contributed by atoms with Crippen LogP contribution in [0.1, 0.15) is 5.56 Å². The average molecular weight is 310 g/mol. The summed E-state index contributed by atoms with van der Waals surface area (Å²) in [6.45, 7) is 4.04. The Hall–Kier alpha value is -1.28. The van der Waals surface area contributed by atoms with Crippen LogP contribution in [0.25, 0.3) is 0 Å². The molecule has 1 aromatic carbocycles. The van der Waals surface area contributed by atoms with Gasteiger partial charge in [0.25, 0.3) is 0 Å². The minimum absolute atomic E-state index is 0.0539. The Labute approximate surface area is 129 Å². The molecule has 0 aromatic heterocycles. The molecule has 2 rings (SSSR count). The van der Waals surface area contributed by atoms with E-state index < -0.39 is 30.7 Å². The highest BCUT2D eigenvalue weighted by atomic mass is 16.7. The van der Waals surface area contributed by atoms with E-state index in [-0.39, 0.29) is 13.2 Å². The molecule has 0 aliphatic carbocycles. The first-order valence-electron chi connectivity index (χ1n) is 7.17. The summed E-state index contributed by atoms with van der Waals surface area (Å²) in [5.74, 6) is 0. The molecule has 5 atom stereocenters. The van der Waals surface area contributed by atoms with Crippen molar-refractivity contribution in [3.8, 4) is 0 Å². The van der Waals surface area contributed by atoms with Crippen LogP contribution < -0.4 is 0 Å². The largest absolute Gasteiger partial charge is 0.387 e. The van der Waals surface area contributed by atoms with E-state index >= 15 is 0 Å². The predicted molar refractivity (Wildman–Crippen MR) is 78.9 cm³/mol. The van der Waals surface area contributed by atoms with Crippen molar-refractivity contribution in [2.45, 2.75) is 37.3 Å². The van der Waals surface area contributed by atoms with Gasteiger partial charge in [-0.05, 0) is 5.56 Å². The highest BCUT2D eigenvalue weighted by Crippen LogP contribution is 2.22. The lowest BCUT2D eigenvalue weighted by atomic mass is 9.99. The molecule has 0 unspecified atom stereocenters. The zero-order chi connectivity index (χ0) is 15.9. The average Bonchev–Trinajstić information content (AvgIpc) is 2.53. The molecule has 0 spiro atoms. The third-order valence-electron chi connectivity index (χ3n) is 3.46. The fraction of sp³-hybridized carbons (Fsp3) is 0.500. The topological polar surface area (TPSA) is 88.4 Å². The van der Waals surface area contributed by atoms with Crippen LogP contribution in [-0.2, 0) is 20.8 Å². The fourth-order valence-corrected chi connectivity index (χ4v) is 2.29. The molecule has 6 heteroatoms. The minimum Gasteiger partial charge on any atom is -0.387 e. The molecule has 1 aliphatic rings. The molecule has 1 aliphatic heterocycles. The molecule has 0 radical (unpaired) electrons. The Morgan fingerprint density at radius 3 is 2.55 bits per heavy atom. The lowest BCUT2D eigenvalue weighted by molar-refractivity contribution is -0.296. The maximum atomic E-state index is 10.1. The molecule has 1 saturated heterocycles. The highest BCUT2D eigenvalue weighted by Gasteiger charge is 2.44. The van der Waals surface area contributed by atoms with E-state index in [9.17, 15) is 15.3 Å². The lowest BCUT2D eigenvalue weighted by Crippen LogP contribution is -2.59. The first-order chi connectivity index (χ1) is 10.6. The van der Waals surface area contributed by atoms with Gasteiger partial charge >= 0.3 is 0 Å². The van der Waals surface area contributed by atoms with E-state index in [4.69, 9.17) is 14.2 Å². The molecule has 6 nitrogen and oxygen atoms in total. The first-order valence-corrected chi connectivity index (χ1v) is 7.17. The van der Waals surface area contributed by atoms with Gasteiger partial charge in [-0.3, -0.25) is 0 Å². The molecular weight excluding hydrogens is 288 g/mol. The van der Waals surface area contributed by atoms with Gasteiger partial charge in [0.05, 0.1) is 19.8 Å². The van der Waals surface area contributed by atoms with Crippen molar-refractivity contribution in [1.29, 1.82) is 0 Å². The van der Waals surface area contributed by atoms with E-state index in [0.29, 0.717) is 6.61 Å². The summed E-state index contributed by atoms with van der Waals surface area (Å²) in [5.41, 5.74) is 0.987. The van der Waals surface area contributed by atoms with Gasteiger partial charge < -0.3 is 29.5 Å². The van der Waals surface area contributed by atoms with Gasteiger partial charge in [-0.1, -0.05) is 36.4 Å². The second-order valence-corrected chi connectivity index (χ2v) is 5.13. The van der Waals surface area contributed by atoms with E-state index in [0.717, 1.165) is 5.56 Å². The Kier molecular flexibility index (Phi) is 6.50. The van der Waals surface area contributed by atoms with Gasteiger partial charge in [-0.2, -0.15) is 0 Å². The number of aliphatic hydroxyl groups is 3. The van der Waals surface area contributed by atoms with E-state index in [2.05, 4.69) is 6.58 Å². The normalized spacial score (nSPS) is 31.9. The van der Waals surface area contributed by atoms with Crippen LogP contribution in [0.5, 0.6) is 0 Å². The van der Waals surface area contributed by atoms with Gasteiger partial charge in [0.1, 0.15) is 24.4 Å². The molecule has 1 heterocycles. The number of rotatable bonds is 7. The van der Waals surface area contributed by atoms with Crippen LogP contribution in [-0.4, -0.2) is 59.2 Å². The zero-order valence-corrected chi connectivity index (χ0v) is 12.2. The third kappa shape index (κ3) is 4.36. The summed E-state index contributed by atoms with van der Waals surface area (Å²) in [6, 6.07) is 9.55. The third-order valence-corrected chi connectivity index (χ3v) is 3.46. The molecule has 0 saturated carbocycles. The summed E-state index contributed by atoms with van der Waals surface area (Å²) in [4.78, 5) is 0. The van der Waals surface area contributed by atoms with Gasteiger partial charge in [0.15, 0.2) is 6.29 Å². The molecule has 1 fully saturated rings. The maximum absolute atomic E-state index is 10.1. The Balaban J connectivity index is 1.83. The van der Waals surface area contributed by atoms with Crippen LogP contribution in [0.4, 0.5) is 0 Å². The Morgan fingerprint density at radius 2 is 1.86 bits per heavy atom. The molecular formula is C16H22O6. The molecule has 1 aromatic rings. The summed E-state index contributed by atoms with van der Waals surface area (Å²) in [6.07, 6.45) is -4.14. The summed E-state index contributed by atoms with van der Waals surface area (Å²) >= 11 is 0. The van der Waals surface area contributed by atoms with Crippen LogP contribution in [0.3, 0.4) is 0 Å². The SMILES string of the molecule is C=CCO[C@H]1[C@H](O)[C@H](O)[C@@H](COCc2ccccc2)O[C@@H]1O. The Morgan fingerprint density at radius 1 is 1.14 bits per heavy atom. The fourth-order valence-electron chi connectivity index (χ4n) is 2.29. The summed E-state index contributed by atoms with van der Waals surface area (Å²) in [7, 11) is 0. The second-order valence-electron chi connectivity index (χ2n) is 5.13. The van der Waals surface area contributed by atoms with Crippen molar-refractivity contribution < 1.29 is 29.5 Å². The number of hydrogen-bond donors (Lipinski definition) is 3. The molecule has 122 valence electrons. The number of hydrogen-bond acceptors (Lipinski definition) is 6. The van der Waals surface area contributed by atoms with Crippen LogP contribution in [0, 0.1) is 0 Å². The zero-order valence-electron chi connectivity index (χ0n) is 12.2. The smallest absolute Gasteiger partial charge is 0.184 e. The first kappa shape index (κ1) is 17.1. The van der Waals surface area contributed by atoms with Crippen molar-refractivity contribution in [2.24, 2.45) is 0 Å². The monoisotopic (exact) mass is 310 g/mol. The van der Waals surface area contributed by atoms with Crippen molar-refractivity contribution in [1.82, 2.24) is 0 Å². The van der Waals surface area contributed by atoms with Gasteiger partial charge in [0.2, 0.25) is 0 Å². The lowest BCUT2D eigenvalue weighted by Gasteiger charge is -2.40. The second kappa shape index (κ2) is 8.38. The van der Waals surface area contributed by atoms with Gasteiger partial charge in [-0.15, -0.1) is 6.58 Å². The molecule has 0 bridgehead atoms. The Bertz CT molecular complexity index is 451. The van der Waals surface area contributed by atoms with E-state index in [1.165, 1.54) is 6.08 Å². The number of ether oxygens (including phenoxy) is 3. The maximum Gasteiger partial charge on any atom is 0.184 e. The standard InChI is InChI=1S/C16H22O6/c1-2-8-21-15-14(18)13(17)12(22-16(15)19)10-20-9-11-6-4-3-5-7-11/h2-7,12-19H,1,8-10H2/t12-,13-,14-,15+,16+/m1/s1. The quantitative estimate of drug-likeness (QED) is 0.624. The van der Waals surface area contributed by atoms with Gasteiger partial charge in [-0.25, -0.2) is 0 Å². The van der Waals surface area contributed by atoms with Crippen LogP contribution in [0.2, 0.25) is 0 Å². The number of benzene rings is 1. The minimum atomic E-state index is -1.33. The highest BCUT2D eigenvalue weighted by molar-refractivity contribution is 5.13. The van der Waals surface area contributed by atoms with Crippen LogP contribution >= 0.6 is 0 Å². The van der Waals surface area contributed by atoms with E-state index in [1.807, 2.05) is 30.3 Å². The predicted octanol–water partition coefficient (Wildman–Crippen LogP) is 0.213. The molecule has 22 heavy (non-hydrogen) atoms. The molecule has 0 amide bonds. The summed E-state index contributed by atoms with van der Waals surface area (Å²) < 4.78 is 16.0. The molecule has 3 N–H and O–H groups in total.